The normalized spacial score (nSPS) is 11.0. The molecular weight excluding hydrogens is 201 g/mol. The SMILES string of the molecule is N#Cc1ncc(S)cc1C(F)(F)F. The summed E-state index contributed by atoms with van der Waals surface area (Å²) in [5.41, 5.74) is -1.69. The van der Waals surface area contributed by atoms with E-state index < -0.39 is 17.4 Å². The summed E-state index contributed by atoms with van der Waals surface area (Å²) in [4.78, 5) is 3.38. The molecule has 1 aromatic rings. The van der Waals surface area contributed by atoms with Gasteiger partial charge in [0.25, 0.3) is 0 Å². The van der Waals surface area contributed by atoms with E-state index in [0.717, 1.165) is 12.3 Å². The maximum absolute atomic E-state index is 12.2. The lowest BCUT2D eigenvalue weighted by atomic mass is 10.2. The maximum atomic E-state index is 12.2. The van der Waals surface area contributed by atoms with Crippen molar-refractivity contribution in [3.63, 3.8) is 0 Å². The van der Waals surface area contributed by atoms with Crippen LogP contribution in [-0.2, 0) is 6.18 Å². The van der Waals surface area contributed by atoms with Gasteiger partial charge in [-0.05, 0) is 6.07 Å². The summed E-state index contributed by atoms with van der Waals surface area (Å²) in [6, 6.07) is 2.14. The van der Waals surface area contributed by atoms with Crippen molar-refractivity contribution >= 4 is 12.6 Å². The van der Waals surface area contributed by atoms with Gasteiger partial charge in [-0.25, -0.2) is 4.98 Å². The number of halogens is 3. The minimum Gasteiger partial charge on any atom is -0.244 e. The van der Waals surface area contributed by atoms with Crippen LogP contribution in [-0.4, -0.2) is 4.98 Å². The lowest BCUT2D eigenvalue weighted by Crippen LogP contribution is -2.09. The largest absolute Gasteiger partial charge is 0.419 e. The van der Waals surface area contributed by atoms with Crippen LogP contribution in [0.1, 0.15) is 11.3 Å². The highest BCUT2D eigenvalue weighted by Gasteiger charge is 2.34. The summed E-state index contributed by atoms with van der Waals surface area (Å²) in [5.74, 6) is 0. The number of nitrogens with zero attached hydrogens (tertiary/aromatic N) is 2. The van der Waals surface area contributed by atoms with E-state index >= 15 is 0 Å². The van der Waals surface area contributed by atoms with Gasteiger partial charge in [0, 0.05) is 11.1 Å². The molecule has 0 aliphatic heterocycles. The van der Waals surface area contributed by atoms with E-state index in [1.807, 2.05) is 0 Å². The van der Waals surface area contributed by atoms with Crippen LogP contribution in [0.2, 0.25) is 0 Å². The molecular formula is C7H3F3N2S. The third-order valence-corrected chi connectivity index (χ3v) is 1.53. The number of alkyl halides is 3. The molecule has 0 amide bonds. The Morgan fingerprint density at radius 1 is 1.46 bits per heavy atom. The number of thiol groups is 1. The molecule has 0 aliphatic carbocycles. The summed E-state index contributed by atoms with van der Waals surface area (Å²) >= 11 is 3.70. The van der Waals surface area contributed by atoms with Crippen LogP contribution < -0.4 is 0 Å². The summed E-state index contributed by atoms with van der Waals surface area (Å²) in [6.07, 6.45) is -3.46. The predicted molar refractivity (Wildman–Crippen MR) is 41.2 cm³/mol. The topological polar surface area (TPSA) is 36.7 Å². The zero-order valence-corrected chi connectivity index (χ0v) is 7.02. The van der Waals surface area contributed by atoms with Crippen LogP contribution in [0, 0.1) is 11.3 Å². The Kier molecular flexibility index (Phi) is 2.48. The average Bonchev–Trinajstić information content (AvgIpc) is 2.03. The highest BCUT2D eigenvalue weighted by atomic mass is 32.1. The van der Waals surface area contributed by atoms with Crippen molar-refractivity contribution in [3.8, 4) is 6.07 Å². The first-order valence-corrected chi connectivity index (χ1v) is 3.56. The molecule has 0 saturated heterocycles. The lowest BCUT2D eigenvalue weighted by Gasteiger charge is -2.07. The molecule has 2 nitrogen and oxygen atoms in total. The second kappa shape index (κ2) is 3.26. The van der Waals surface area contributed by atoms with E-state index in [4.69, 9.17) is 5.26 Å². The van der Waals surface area contributed by atoms with E-state index in [1.54, 1.807) is 0 Å². The second-order valence-corrected chi connectivity index (χ2v) is 2.72. The van der Waals surface area contributed by atoms with Gasteiger partial charge in [-0.3, -0.25) is 0 Å². The van der Waals surface area contributed by atoms with Gasteiger partial charge in [0.2, 0.25) is 0 Å². The smallest absolute Gasteiger partial charge is 0.244 e. The number of hydrogen-bond donors (Lipinski definition) is 1. The van der Waals surface area contributed by atoms with Gasteiger partial charge in [0.05, 0.1) is 5.56 Å². The van der Waals surface area contributed by atoms with Crippen molar-refractivity contribution in [1.82, 2.24) is 4.98 Å². The lowest BCUT2D eigenvalue weighted by molar-refractivity contribution is -0.138. The Morgan fingerprint density at radius 3 is 2.54 bits per heavy atom. The molecule has 1 aromatic heterocycles. The first kappa shape index (κ1) is 9.86. The fourth-order valence-electron chi connectivity index (χ4n) is 0.759. The Balaban J connectivity index is 3.35. The molecule has 0 bridgehead atoms. The molecule has 6 heteroatoms. The molecule has 13 heavy (non-hydrogen) atoms. The summed E-state index contributed by atoms with van der Waals surface area (Å²) < 4.78 is 36.6. The van der Waals surface area contributed by atoms with Gasteiger partial charge < -0.3 is 0 Å². The molecule has 68 valence electrons. The van der Waals surface area contributed by atoms with Crippen molar-refractivity contribution in [2.24, 2.45) is 0 Å². The molecule has 0 fully saturated rings. The Morgan fingerprint density at radius 2 is 2.08 bits per heavy atom. The third-order valence-electron chi connectivity index (χ3n) is 1.28. The molecule has 1 rings (SSSR count). The van der Waals surface area contributed by atoms with Gasteiger partial charge in [-0.1, -0.05) is 0 Å². The fourth-order valence-corrected chi connectivity index (χ4v) is 0.946. The second-order valence-electron chi connectivity index (χ2n) is 2.20. The van der Waals surface area contributed by atoms with Crippen LogP contribution in [0.15, 0.2) is 17.2 Å². The molecule has 0 aromatic carbocycles. The summed E-state index contributed by atoms with van der Waals surface area (Å²) in [5, 5.41) is 8.34. The minimum atomic E-state index is -4.56. The molecule has 1 heterocycles. The Bertz CT molecular complexity index is 367. The highest BCUT2D eigenvalue weighted by molar-refractivity contribution is 7.80. The Hall–Kier alpha value is -1.22. The van der Waals surface area contributed by atoms with Crippen LogP contribution in [0.5, 0.6) is 0 Å². The fraction of sp³-hybridized carbons (Fsp3) is 0.143. The van der Waals surface area contributed by atoms with E-state index in [1.165, 1.54) is 6.07 Å². The molecule has 0 saturated carbocycles. The standard InChI is InChI=1S/C7H3F3N2S/c8-7(9,10)5-1-4(13)3-12-6(5)2-11/h1,3,13H. The maximum Gasteiger partial charge on any atom is 0.419 e. The molecule has 0 unspecified atom stereocenters. The summed E-state index contributed by atoms with van der Waals surface area (Å²) in [6.45, 7) is 0. The zero-order valence-electron chi connectivity index (χ0n) is 6.13. The van der Waals surface area contributed by atoms with Gasteiger partial charge in [-0.2, -0.15) is 18.4 Å². The van der Waals surface area contributed by atoms with Crippen molar-refractivity contribution in [2.75, 3.05) is 0 Å². The van der Waals surface area contributed by atoms with Crippen LogP contribution >= 0.6 is 12.6 Å². The molecule has 0 N–H and O–H groups in total. The van der Waals surface area contributed by atoms with E-state index in [-0.39, 0.29) is 4.90 Å². The van der Waals surface area contributed by atoms with Crippen molar-refractivity contribution in [2.45, 2.75) is 11.1 Å². The van der Waals surface area contributed by atoms with Crippen molar-refractivity contribution < 1.29 is 13.2 Å². The molecule has 0 aliphatic rings. The van der Waals surface area contributed by atoms with Gasteiger partial charge in [-0.15, -0.1) is 12.6 Å². The quantitative estimate of drug-likeness (QED) is 0.658. The highest BCUT2D eigenvalue weighted by Crippen LogP contribution is 2.31. The first-order chi connectivity index (χ1) is 5.95. The van der Waals surface area contributed by atoms with E-state index in [0.29, 0.717) is 0 Å². The average molecular weight is 204 g/mol. The van der Waals surface area contributed by atoms with Crippen LogP contribution in [0.3, 0.4) is 0 Å². The number of rotatable bonds is 0. The number of nitriles is 1. The molecule has 0 atom stereocenters. The first-order valence-electron chi connectivity index (χ1n) is 3.11. The van der Waals surface area contributed by atoms with Crippen molar-refractivity contribution in [3.05, 3.63) is 23.5 Å². The van der Waals surface area contributed by atoms with Gasteiger partial charge in [0.15, 0.2) is 5.69 Å². The van der Waals surface area contributed by atoms with E-state index in [9.17, 15) is 13.2 Å². The van der Waals surface area contributed by atoms with Gasteiger partial charge >= 0.3 is 6.18 Å². The molecule has 0 radical (unpaired) electrons. The summed E-state index contributed by atoms with van der Waals surface area (Å²) in [7, 11) is 0. The monoisotopic (exact) mass is 204 g/mol. The number of aromatic nitrogens is 1. The Labute approximate surface area is 77.4 Å². The van der Waals surface area contributed by atoms with Crippen LogP contribution in [0.4, 0.5) is 13.2 Å². The number of hydrogen-bond acceptors (Lipinski definition) is 3. The van der Waals surface area contributed by atoms with Gasteiger partial charge in [0.1, 0.15) is 6.07 Å². The minimum absolute atomic E-state index is 0.0753. The predicted octanol–water partition coefficient (Wildman–Crippen LogP) is 2.26. The number of pyridine rings is 1. The van der Waals surface area contributed by atoms with Crippen molar-refractivity contribution in [1.29, 1.82) is 5.26 Å². The van der Waals surface area contributed by atoms with Crippen LogP contribution in [0.25, 0.3) is 0 Å². The zero-order chi connectivity index (χ0) is 10.1. The third kappa shape index (κ3) is 2.12. The molecule has 0 spiro atoms. The van der Waals surface area contributed by atoms with E-state index in [2.05, 4.69) is 17.6 Å².